The van der Waals surface area contributed by atoms with Gasteiger partial charge in [0.2, 0.25) is 5.91 Å². The van der Waals surface area contributed by atoms with Crippen LogP contribution in [-0.4, -0.2) is 18.7 Å². The molecule has 0 spiro atoms. The van der Waals surface area contributed by atoms with Gasteiger partial charge in [-0.15, -0.1) is 0 Å². The van der Waals surface area contributed by atoms with Crippen LogP contribution in [0.2, 0.25) is 0 Å². The average Bonchev–Trinajstić information content (AvgIpc) is 2.94. The average molecular weight is 363 g/mol. The van der Waals surface area contributed by atoms with Crippen LogP contribution in [0, 0.1) is 50.7 Å². The number of nitriles is 3. The Balaban J connectivity index is 2.31. The van der Waals surface area contributed by atoms with Crippen molar-refractivity contribution < 1.29 is 9.53 Å². The minimum absolute atomic E-state index is 0.0478. The minimum Gasteiger partial charge on any atom is -0.497 e. The molecule has 1 aromatic rings. The van der Waals surface area contributed by atoms with Crippen molar-refractivity contribution in [3.05, 3.63) is 29.8 Å². The molecular formula is C20H21N5O2. The van der Waals surface area contributed by atoms with Gasteiger partial charge in [-0.1, -0.05) is 25.5 Å². The summed E-state index contributed by atoms with van der Waals surface area (Å²) in [5, 5.41) is 32.9. The number of carbonyl (C=O) groups is 1. The molecule has 2 aliphatic rings. The van der Waals surface area contributed by atoms with Gasteiger partial charge in [0, 0.05) is 18.3 Å². The topological polar surface area (TPSA) is 136 Å². The van der Waals surface area contributed by atoms with Crippen molar-refractivity contribution in [2.24, 2.45) is 22.5 Å². The van der Waals surface area contributed by atoms with Crippen LogP contribution in [0.1, 0.15) is 37.7 Å². The number of nitrogens with zero attached hydrogens (tertiary/aromatic N) is 3. The molecule has 3 rings (SSSR count). The largest absolute Gasteiger partial charge is 0.497 e. The quantitative estimate of drug-likeness (QED) is 0.839. The molecule has 7 heteroatoms. The SMILES string of the molecule is CCC[C@@H]1[C@H](c2ccc(OC)cc2)C(C#N)(C#N)[C@]2(C#N)C[C@@]1(N)NC2=O. The summed E-state index contributed by atoms with van der Waals surface area (Å²) in [7, 11) is 1.55. The molecule has 1 saturated carbocycles. The number of fused-ring (bicyclic) bond motifs is 2. The van der Waals surface area contributed by atoms with Gasteiger partial charge in [0.25, 0.3) is 0 Å². The standard InChI is InChI=1S/C20H21N5O2/c1-3-4-15-16(13-5-7-14(27-2)8-6-13)19(11-22,12-23)18(10-21)9-20(15,24)25-17(18)26/h5-8,15-16H,3-4,9,24H2,1-2H3,(H,25,26)/t15-,16+,18+,20-/m1/s1. The number of ether oxygens (including phenoxy) is 1. The van der Waals surface area contributed by atoms with Crippen LogP contribution in [0.5, 0.6) is 5.75 Å². The summed E-state index contributed by atoms with van der Waals surface area (Å²) in [4.78, 5) is 12.8. The van der Waals surface area contributed by atoms with E-state index in [0.717, 1.165) is 6.42 Å². The monoisotopic (exact) mass is 363 g/mol. The number of amides is 1. The van der Waals surface area contributed by atoms with Gasteiger partial charge >= 0.3 is 0 Å². The zero-order valence-corrected chi connectivity index (χ0v) is 15.3. The molecular weight excluding hydrogens is 342 g/mol. The van der Waals surface area contributed by atoms with Crippen LogP contribution in [0.3, 0.4) is 0 Å². The molecule has 1 aliphatic carbocycles. The predicted molar refractivity (Wildman–Crippen MR) is 95.5 cm³/mol. The van der Waals surface area contributed by atoms with Gasteiger partial charge in [0.1, 0.15) is 5.75 Å². The van der Waals surface area contributed by atoms with Crippen LogP contribution in [0.4, 0.5) is 0 Å². The second-order valence-corrected chi connectivity index (χ2v) is 7.37. The molecule has 2 bridgehead atoms. The number of hydrogen-bond donors (Lipinski definition) is 2. The normalized spacial score (nSPS) is 33.3. The van der Waals surface area contributed by atoms with E-state index in [4.69, 9.17) is 10.5 Å². The van der Waals surface area contributed by atoms with Gasteiger partial charge in [-0.3, -0.25) is 4.79 Å². The Labute approximate surface area is 158 Å². The van der Waals surface area contributed by atoms with E-state index in [1.54, 1.807) is 31.4 Å². The zero-order valence-electron chi connectivity index (χ0n) is 15.3. The lowest BCUT2D eigenvalue weighted by Gasteiger charge is -2.50. The lowest BCUT2D eigenvalue weighted by Crippen LogP contribution is -2.62. The molecule has 138 valence electrons. The molecule has 4 atom stereocenters. The first kappa shape index (κ1) is 18.7. The fourth-order valence-electron chi connectivity index (χ4n) is 4.85. The number of rotatable bonds is 4. The predicted octanol–water partition coefficient (Wildman–Crippen LogP) is 1.93. The van der Waals surface area contributed by atoms with E-state index in [9.17, 15) is 20.6 Å². The highest BCUT2D eigenvalue weighted by Gasteiger charge is 2.76. The second kappa shape index (κ2) is 6.27. The van der Waals surface area contributed by atoms with E-state index < -0.39 is 28.3 Å². The Morgan fingerprint density at radius 2 is 1.85 bits per heavy atom. The summed E-state index contributed by atoms with van der Waals surface area (Å²) in [5.41, 5.74) is 2.49. The lowest BCUT2D eigenvalue weighted by molar-refractivity contribution is -0.128. The van der Waals surface area contributed by atoms with Crippen LogP contribution in [-0.2, 0) is 4.79 Å². The molecule has 0 unspecified atom stereocenters. The number of carbonyl (C=O) groups excluding carboxylic acids is 1. The summed E-state index contributed by atoms with van der Waals surface area (Å²) in [6, 6.07) is 13.2. The molecule has 1 saturated heterocycles. The minimum atomic E-state index is -1.83. The smallest absolute Gasteiger partial charge is 0.244 e. The van der Waals surface area contributed by atoms with Crippen LogP contribution in [0.15, 0.2) is 24.3 Å². The summed E-state index contributed by atoms with van der Waals surface area (Å²) in [6.07, 6.45) is 1.33. The van der Waals surface area contributed by atoms with Crippen LogP contribution < -0.4 is 15.8 Å². The number of hydrogen-bond acceptors (Lipinski definition) is 6. The van der Waals surface area contributed by atoms with Crippen LogP contribution >= 0.6 is 0 Å². The third-order valence-corrected chi connectivity index (χ3v) is 6.11. The highest BCUT2D eigenvalue weighted by Crippen LogP contribution is 2.64. The van der Waals surface area contributed by atoms with Gasteiger partial charge in [0.15, 0.2) is 10.8 Å². The molecule has 27 heavy (non-hydrogen) atoms. The third-order valence-electron chi connectivity index (χ3n) is 6.11. The second-order valence-electron chi connectivity index (χ2n) is 7.37. The third kappa shape index (κ3) is 2.24. The molecule has 7 nitrogen and oxygen atoms in total. The first-order valence-corrected chi connectivity index (χ1v) is 8.87. The number of methoxy groups -OCH3 is 1. The molecule has 0 radical (unpaired) electrons. The highest BCUT2D eigenvalue weighted by atomic mass is 16.5. The maximum Gasteiger partial charge on any atom is 0.244 e. The van der Waals surface area contributed by atoms with Crippen molar-refractivity contribution in [1.29, 1.82) is 15.8 Å². The first-order valence-electron chi connectivity index (χ1n) is 8.87. The van der Waals surface area contributed by atoms with Crippen LogP contribution in [0.25, 0.3) is 0 Å². The van der Waals surface area contributed by atoms with Gasteiger partial charge in [0.05, 0.1) is 31.0 Å². The fourth-order valence-corrected chi connectivity index (χ4v) is 4.85. The Bertz CT molecular complexity index is 877. The van der Waals surface area contributed by atoms with Gasteiger partial charge in [-0.25, -0.2) is 0 Å². The number of benzene rings is 1. The molecule has 1 heterocycles. The van der Waals surface area contributed by atoms with Gasteiger partial charge in [-0.05, 0) is 24.1 Å². The van der Waals surface area contributed by atoms with E-state index in [1.165, 1.54) is 0 Å². The van der Waals surface area contributed by atoms with Crippen molar-refractivity contribution >= 4 is 5.91 Å². The summed E-state index contributed by atoms with van der Waals surface area (Å²) < 4.78 is 5.19. The first-order chi connectivity index (χ1) is 12.9. The lowest BCUT2D eigenvalue weighted by atomic mass is 9.47. The van der Waals surface area contributed by atoms with E-state index >= 15 is 0 Å². The molecule has 3 N–H and O–H groups in total. The maximum absolute atomic E-state index is 12.8. The fraction of sp³-hybridized carbons (Fsp3) is 0.500. The van der Waals surface area contributed by atoms with E-state index in [1.807, 2.05) is 13.0 Å². The molecule has 0 aromatic heterocycles. The van der Waals surface area contributed by atoms with Crippen molar-refractivity contribution in [2.45, 2.75) is 37.8 Å². The molecule has 2 fully saturated rings. The zero-order chi connectivity index (χ0) is 19.9. The van der Waals surface area contributed by atoms with Crippen molar-refractivity contribution in [3.8, 4) is 24.0 Å². The van der Waals surface area contributed by atoms with Gasteiger partial charge < -0.3 is 15.8 Å². The Hall–Kier alpha value is -3.08. The summed E-state index contributed by atoms with van der Waals surface area (Å²) in [5.74, 6) is -1.04. The summed E-state index contributed by atoms with van der Waals surface area (Å²) >= 11 is 0. The maximum atomic E-state index is 12.8. The molecule has 1 aliphatic heterocycles. The van der Waals surface area contributed by atoms with E-state index in [-0.39, 0.29) is 12.3 Å². The molecule has 1 aromatic carbocycles. The van der Waals surface area contributed by atoms with E-state index in [0.29, 0.717) is 17.7 Å². The number of nitrogens with one attached hydrogen (secondary N) is 1. The highest BCUT2D eigenvalue weighted by molar-refractivity contribution is 5.92. The van der Waals surface area contributed by atoms with Crippen molar-refractivity contribution in [1.82, 2.24) is 5.32 Å². The van der Waals surface area contributed by atoms with Crippen molar-refractivity contribution in [2.75, 3.05) is 7.11 Å². The van der Waals surface area contributed by atoms with Gasteiger partial charge in [-0.2, -0.15) is 15.8 Å². The molecule has 1 amide bonds. The Morgan fingerprint density at radius 1 is 1.22 bits per heavy atom. The number of nitrogens with two attached hydrogens (primary N) is 1. The Morgan fingerprint density at radius 3 is 2.33 bits per heavy atom. The summed E-state index contributed by atoms with van der Waals surface area (Å²) in [6.45, 7) is 1.98. The Kier molecular flexibility index (Phi) is 4.34. The van der Waals surface area contributed by atoms with Crippen molar-refractivity contribution in [3.63, 3.8) is 0 Å². The van der Waals surface area contributed by atoms with E-state index in [2.05, 4.69) is 17.5 Å².